The highest BCUT2D eigenvalue weighted by molar-refractivity contribution is 6.32. The Morgan fingerprint density at radius 3 is 3.10 bits per heavy atom. The van der Waals surface area contributed by atoms with Gasteiger partial charge in [0, 0.05) is 18.0 Å². The maximum atomic E-state index is 6.06. The third kappa shape index (κ3) is 2.59. The van der Waals surface area contributed by atoms with E-state index >= 15 is 0 Å². The first kappa shape index (κ1) is 13.3. The molecule has 1 aliphatic rings. The van der Waals surface area contributed by atoms with Crippen LogP contribution in [-0.4, -0.2) is 12.1 Å². The highest BCUT2D eigenvalue weighted by Crippen LogP contribution is 2.33. The molecule has 1 aromatic carbocycles. The molecule has 1 heterocycles. The molecule has 0 aliphatic heterocycles. The lowest BCUT2D eigenvalue weighted by molar-refractivity contribution is 0.415. The molecule has 1 aromatic heterocycles. The van der Waals surface area contributed by atoms with Crippen molar-refractivity contribution in [2.45, 2.75) is 25.3 Å². The zero-order valence-corrected chi connectivity index (χ0v) is 12.2. The number of fused-ring (bicyclic) bond motifs is 1. The van der Waals surface area contributed by atoms with Crippen LogP contribution in [0.4, 0.5) is 5.69 Å². The van der Waals surface area contributed by atoms with Gasteiger partial charge in [0.1, 0.15) is 5.75 Å². The van der Waals surface area contributed by atoms with Crippen molar-refractivity contribution in [1.29, 1.82) is 0 Å². The Hall–Kier alpha value is -1.74. The van der Waals surface area contributed by atoms with Gasteiger partial charge in [0.15, 0.2) is 0 Å². The van der Waals surface area contributed by atoms with Crippen LogP contribution < -0.4 is 10.1 Å². The number of ether oxygens (including phenoxy) is 1. The van der Waals surface area contributed by atoms with Crippen LogP contribution in [0.3, 0.4) is 0 Å². The van der Waals surface area contributed by atoms with Crippen molar-refractivity contribution in [1.82, 2.24) is 4.98 Å². The Balaban J connectivity index is 1.85. The number of rotatable bonds is 3. The Morgan fingerprint density at radius 1 is 1.35 bits per heavy atom. The molecule has 3 nitrogen and oxygen atoms in total. The van der Waals surface area contributed by atoms with E-state index in [1.54, 1.807) is 7.11 Å². The van der Waals surface area contributed by atoms with Gasteiger partial charge in [-0.25, -0.2) is 0 Å². The number of methoxy groups -OCH3 is 1. The molecule has 20 heavy (non-hydrogen) atoms. The average molecular weight is 289 g/mol. The fourth-order valence-corrected chi connectivity index (χ4v) is 2.90. The van der Waals surface area contributed by atoms with E-state index in [2.05, 4.69) is 16.4 Å². The highest BCUT2D eigenvalue weighted by atomic mass is 35.5. The van der Waals surface area contributed by atoms with Crippen LogP contribution in [-0.2, 0) is 6.42 Å². The first-order chi connectivity index (χ1) is 9.78. The molecule has 0 bridgehead atoms. The quantitative estimate of drug-likeness (QED) is 0.917. The lowest BCUT2D eigenvalue weighted by Gasteiger charge is -2.26. The molecule has 0 radical (unpaired) electrons. The Bertz CT molecular complexity index is 615. The van der Waals surface area contributed by atoms with Gasteiger partial charge < -0.3 is 10.1 Å². The molecule has 0 amide bonds. The SMILES string of the molecule is COc1cc(NC2CCCc3cccnc32)ccc1Cl. The van der Waals surface area contributed by atoms with Crippen LogP contribution in [0.15, 0.2) is 36.5 Å². The summed E-state index contributed by atoms with van der Waals surface area (Å²) in [5.74, 6) is 0.689. The van der Waals surface area contributed by atoms with Crippen LogP contribution >= 0.6 is 11.6 Å². The van der Waals surface area contributed by atoms with Gasteiger partial charge in [0.25, 0.3) is 0 Å². The lowest BCUT2D eigenvalue weighted by atomic mass is 9.92. The van der Waals surface area contributed by atoms with E-state index in [0.717, 1.165) is 24.2 Å². The van der Waals surface area contributed by atoms with Crippen molar-refractivity contribution >= 4 is 17.3 Å². The van der Waals surface area contributed by atoms with Gasteiger partial charge in [-0.1, -0.05) is 17.7 Å². The van der Waals surface area contributed by atoms with E-state index in [9.17, 15) is 0 Å². The van der Waals surface area contributed by atoms with Gasteiger partial charge in [-0.15, -0.1) is 0 Å². The van der Waals surface area contributed by atoms with E-state index in [1.165, 1.54) is 12.0 Å². The van der Waals surface area contributed by atoms with Gasteiger partial charge in [-0.05, 0) is 43.0 Å². The Kier molecular flexibility index (Phi) is 3.79. The van der Waals surface area contributed by atoms with Crippen LogP contribution in [0.5, 0.6) is 5.75 Å². The van der Waals surface area contributed by atoms with E-state index in [-0.39, 0.29) is 6.04 Å². The highest BCUT2D eigenvalue weighted by Gasteiger charge is 2.21. The minimum atomic E-state index is 0.255. The van der Waals surface area contributed by atoms with Gasteiger partial charge in [0.2, 0.25) is 0 Å². The maximum Gasteiger partial charge on any atom is 0.139 e. The van der Waals surface area contributed by atoms with Crippen molar-refractivity contribution < 1.29 is 4.74 Å². The second kappa shape index (κ2) is 5.71. The molecule has 104 valence electrons. The number of halogens is 1. The second-order valence-electron chi connectivity index (χ2n) is 4.99. The van der Waals surface area contributed by atoms with Gasteiger partial charge in [-0.2, -0.15) is 0 Å². The summed E-state index contributed by atoms with van der Waals surface area (Å²) < 4.78 is 5.26. The van der Waals surface area contributed by atoms with Crippen molar-refractivity contribution in [2.75, 3.05) is 12.4 Å². The lowest BCUT2D eigenvalue weighted by Crippen LogP contribution is -2.18. The number of aryl methyl sites for hydroxylation is 1. The minimum absolute atomic E-state index is 0.255. The minimum Gasteiger partial charge on any atom is -0.495 e. The third-order valence-electron chi connectivity index (χ3n) is 3.69. The molecule has 1 aliphatic carbocycles. The molecule has 1 N–H and O–H groups in total. The van der Waals surface area contributed by atoms with E-state index in [4.69, 9.17) is 16.3 Å². The summed E-state index contributed by atoms with van der Waals surface area (Å²) in [5, 5.41) is 4.16. The molecule has 0 saturated carbocycles. The smallest absolute Gasteiger partial charge is 0.139 e. The number of nitrogens with one attached hydrogen (secondary N) is 1. The summed E-state index contributed by atoms with van der Waals surface area (Å²) in [7, 11) is 1.63. The largest absolute Gasteiger partial charge is 0.495 e. The second-order valence-corrected chi connectivity index (χ2v) is 5.39. The van der Waals surface area contributed by atoms with Gasteiger partial charge in [-0.3, -0.25) is 4.98 Å². The number of hydrogen-bond donors (Lipinski definition) is 1. The van der Waals surface area contributed by atoms with E-state index < -0.39 is 0 Å². The standard InChI is InChI=1S/C16H17ClN2O/c1-20-15-10-12(7-8-13(15)17)19-14-6-2-4-11-5-3-9-18-16(11)14/h3,5,7-10,14,19H,2,4,6H2,1H3. The first-order valence-corrected chi connectivity index (χ1v) is 7.19. The number of benzene rings is 1. The van der Waals surface area contributed by atoms with Crippen molar-refractivity contribution in [2.24, 2.45) is 0 Å². The number of anilines is 1. The average Bonchev–Trinajstić information content (AvgIpc) is 2.49. The Morgan fingerprint density at radius 2 is 2.25 bits per heavy atom. The summed E-state index contributed by atoms with van der Waals surface area (Å²) >= 11 is 6.06. The van der Waals surface area contributed by atoms with Crippen LogP contribution in [0.1, 0.15) is 30.1 Å². The molecular weight excluding hydrogens is 272 g/mol. The van der Waals surface area contributed by atoms with E-state index in [1.807, 2.05) is 30.5 Å². The normalized spacial score (nSPS) is 17.4. The van der Waals surface area contributed by atoms with Crippen LogP contribution in [0.2, 0.25) is 5.02 Å². The third-order valence-corrected chi connectivity index (χ3v) is 4.00. The monoisotopic (exact) mass is 288 g/mol. The number of nitrogens with zero attached hydrogens (tertiary/aromatic N) is 1. The summed E-state index contributed by atoms with van der Waals surface area (Å²) in [4.78, 5) is 4.54. The zero-order valence-electron chi connectivity index (χ0n) is 11.4. The van der Waals surface area contributed by atoms with Crippen LogP contribution in [0, 0.1) is 0 Å². The molecule has 4 heteroatoms. The molecule has 0 fully saturated rings. The predicted molar refractivity (Wildman–Crippen MR) is 81.5 cm³/mol. The van der Waals surface area contributed by atoms with Crippen LogP contribution in [0.25, 0.3) is 0 Å². The molecule has 3 rings (SSSR count). The van der Waals surface area contributed by atoms with Gasteiger partial charge in [0.05, 0.1) is 23.9 Å². The zero-order chi connectivity index (χ0) is 13.9. The number of pyridine rings is 1. The van der Waals surface area contributed by atoms with Crippen molar-refractivity contribution in [3.63, 3.8) is 0 Å². The topological polar surface area (TPSA) is 34.1 Å². The molecule has 1 unspecified atom stereocenters. The fraction of sp³-hybridized carbons (Fsp3) is 0.312. The molecule has 1 atom stereocenters. The van der Waals surface area contributed by atoms with Crippen molar-refractivity contribution in [3.05, 3.63) is 52.8 Å². The summed E-state index contributed by atoms with van der Waals surface area (Å²) in [6.45, 7) is 0. The maximum absolute atomic E-state index is 6.06. The number of aromatic nitrogens is 1. The fourth-order valence-electron chi connectivity index (χ4n) is 2.70. The molecule has 0 spiro atoms. The first-order valence-electron chi connectivity index (χ1n) is 6.82. The molecule has 0 saturated heterocycles. The van der Waals surface area contributed by atoms with E-state index in [0.29, 0.717) is 10.8 Å². The Labute approximate surface area is 123 Å². The molecular formula is C16H17ClN2O. The summed E-state index contributed by atoms with van der Waals surface area (Å²) in [6, 6.07) is 10.2. The van der Waals surface area contributed by atoms with Gasteiger partial charge >= 0.3 is 0 Å². The molecule has 2 aromatic rings. The summed E-state index contributed by atoms with van der Waals surface area (Å²) in [5.41, 5.74) is 3.51. The van der Waals surface area contributed by atoms with Crippen molar-refractivity contribution in [3.8, 4) is 5.75 Å². The predicted octanol–water partition coefficient (Wildman–Crippen LogP) is 4.23. The number of hydrogen-bond acceptors (Lipinski definition) is 3. The summed E-state index contributed by atoms with van der Waals surface area (Å²) in [6.07, 6.45) is 5.25.